The van der Waals surface area contributed by atoms with Gasteiger partial charge in [0.05, 0.1) is 5.70 Å². The van der Waals surface area contributed by atoms with E-state index in [0.717, 1.165) is 0 Å². The van der Waals surface area contributed by atoms with Gasteiger partial charge in [-0.3, -0.25) is 4.99 Å². The number of hydrogen-bond acceptors (Lipinski definition) is 2. The summed E-state index contributed by atoms with van der Waals surface area (Å²) in [4.78, 5) is 3.88. The van der Waals surface area contributed by atoms with Crippen LogP contribution in [0.25, 0.3) is 0 Å². The van der Waals surface area contributed by atoms with Crippen LogP contribution >= 0.6 is 23.2 Å². The third kappa shape index (κ3) is 1.37. The van der Waals surface area contributed by atoms with Crippen LogP contribution < -0.4 is 5.73 Å². The minimum absolute atomic E-state index is 0.339. The molecule has 0 radical (unpaired) electrons. The summed E-state index contributed by atoms with van der Waals surface area (Å²) < 4.78 is 0. The quantitative estimate of drug-likeness (QED) is 0.579. The molecule has 0 amide bonds. The summed E-state index contributed by atoms with van der Waals surface area (Å²) in [6.45, 7) is 0.651. The molecule has 0 saturated carbocycles. The fourth-order valence-electron chi connectivity index (χ4n) is 0.584. The predicted molar refractivity (Wildman–Crippen MR) is 39.8 cm³/mol. The summed E-state index contributed by atoms with van der Waals surface area (Å²) in [5.41, 5.74) is 5.83. The number of nitrogens with two attached hydrogens (primary N) is 1. The van der Waals surface area contributed by atoms with E-state index in [1.54, 1.807) is 0 Å². The number of hydrogen-bond donors (Lipinski definition) is 1. The van der Waals surface area contributed by atoms with Crippen LogP contribution in [-0.4, -0.2) is 11.7 Å². The first-order valence-electron chi connectivity index (χ1n) is 2.56. The Kier molecular flexibility index (Phi) is 1.98. The zero-order chi connectivity index (χ0) is 6.85. The van der Waals surface area contributed by atoms with Crippen molar-refractivity contribution in [1.29, 1.82) is 0 Å². The SMILES string of the molecule is NC1=C(Cl)CCN=C1Cl. The summed E-state index contributed by atoms with van der Waals surface area (Å²) >= 11 is 11.2. The molecule has 0 bridgehead atoms. The lowest BCUT2D eigenvalue weighted by Crippen LogP contribution is -2.12. The van der Waals surface area contributed by atoms with Gasteiger partial charge in [0.1, 0.15) is 5.17 Å². The third-order valence-electron chi connectivity index (χ3n) is 1.10. The van der Waals surface area contributed by atoms with E-state index in [-0.39, 0.29) is 0 Å². The zero-order valence-electron chi connectivity index (χ0n) is 4.69. The van der Waals surface area contributed by atoms with Crippen LogP contribution in [0.5, 0.6) is 0 Å². The first kappa shape index (κ1) is 6.90. The molecule has 0 fully saturated rings. The van der Waals surface area contributed by atoms with Crippen molar-refractivity contribution >= 4 is 28.4 Å². The van der Waals surface area contributed by atoms with Crippen molar-refractivity contribution < 1.29 is 0 Å². The highest BCUT2D eigenvalue weighted by atomic mass is 35.5. The molecule has 1 rings (SSSR count). The third-order valence-corrected chi connectivity index (χ3v) is 1.81. The van der Waals surface area contributed by atoms with E-state index in [4.69, 9.17) is 28.9 Å². The van der Waals surface area contributed by atoms with E-state index in [1.165, 1.54) is 0 Å². The molecule has 2 N–H and O–H groups in total. The summed E-state index contributed by atoms with van der Waals surface area (Å²) in [7, 11) is 0. The molecule has 0 atom stereocenters. The fraction of sp³-hybridized carbons (Fsp3) is 0.400. The maximum atomic E-state index is 5.65. The van der Waals surface area contributed by atoms with E-state index in [1.807, 2.05) is 0 Å². The second-order valence-electron chi connectivity index (χ2n) is 1.74. The first-order chi connectivity index (χ1) is 4.22. The van der Waals surface area contributed by atoms with Crippen molar-refractivity contribution in [2.24, 2.45) is 10.7 Å². The lowest BCUT2D eigenvalue weighted by Gasteiger charge is -2.07. The molecular weight excluding hydrogens is 159 g/mol. The standard InChI is InChI=1S/C5H6Cl2N2/c6-3-1-2-9-5(7)4(3)8/h1-2,8H2. The van der Waals surface area contributed by atoms with Gasteiger partial charge in [-0.05, 0) is 0 Å². The number of rotatable bonds is 0. The van der Waals surface area contributed by atoms with E-state index in [9.17, 15) is 0 Å². The van der Waals surface area contributed by atoms with E-state index in [2.05, 4.69) is 4.99 Å². The van der Waals surface area contributed by atoms with Gasteiger partial charge >= 0.3 is 0 Å². The molecule has 50 valence electrons. The van der Waals surface area contributed by atoms with Crippen LogP contribution in [0.1, 0.15) is 6.42 Å². The van der Waals surface area contributed by atoms with Crippen LogP contribution in [0, 0.1) is 0 Å². The zero-order valence-corrected chi connectivity index (χ0v) is 6.21. The minimum Gasteiger partial charge on any atom is -0.395 e. The van der Waals surface area contributed by atoms with Crippen molar-refractivity contribution in [3.8, 4) is 0 Å². The van der Waals surface area contributed by atoms with Crippen molar-refractivity contribution in [3.63, 3.8) is 0 Å². The topological polar surface area (TPSA) is 38.4 Å². The Morgan fingerprint density at radius 3 is 2.56 bits per heavy atom. The molecule has 0 aliphatic carbocycles. The van der Waals surface area contributed by atoms with Gasteiger partial charge in [0.2, 0.25) is 0 Å². The Labute approximate surface area is 63.3 Å². The molecule has 0 aromatic carbocycles. The monoisotopic (exact) mass is 164 g/mol. The van der Waals surface area contributed by atoms with Crippen LogP contribution in [0.4, 0.5) is 0 Å². The molecule has 1 aliphatic heterocycles. The largest absolute Gasteiger partial charge is 0.395 e. The molecule has 0 saturated heterocycles. The highest BCUT2D eigenvalue weighted by Crippen LogP contribution is 2.17. The Balaban J connectivity index is 2.88. The number of allylic oxidation sites excluding steroid dienone is 1. The van der Waals surface area contributed by atoms with Crippen LogP contribution in [0.3, 0.4) is 0 Å². The fourth-order valence-corrected chi connectivity index (χ4v) is 1.00. The van der Waals surface area contributed by atoms with Gasteiger partial charge in [-0.15, -0.1) is 0 Å². The summed E-state index contributed by atoms with van der Waals surface area (Å²) in [6, 6.07) is 0. The molecule has 0 aromatic rings. The summed E-state index contributed by atoms with van der Waals surface area (Å²) in [6.07, 6.45) is 0.712. The van der Waals surface area contributed by atoms with Gasteiger partial charge in [-0.25, -0.2) is 0 Å². The Hall–Kier alpha value is -0.210. The maximum Gasteiger partial charge on any atom is 0.148 e. The molecular formula is C5H6Cl2N2. The van der Waals surface area contributed by atoms with E-state index in [0.29, 0.717) is 28.9 Å². The molecule has 9 heavy (non-hydrogen) atoms. The maximum absolute atomic E-state index is 5.65. The smallest absolute Gasteiger partial charge is 0.148 e. The van der Waals surface area contributed by atoms with Gasteiger partial charge in [0.15, 0.2) is 0 Å². The van der Waals surface area contributed by atoms with E-state index < -0.39 is 0 Å². The first-order valence-corrected chi connectivity index (χ1v) is 3.32. The Morgan fingerprint density at radius 2 is 2.11 bits per heavy atom. The van der Waals surface area contributed by atoms with E-state index >= 15 is 0 Å². The number of aliphatic imine (C=N–C) groups is 1. The van der Waals surface area contributed by atoms with Gasteiger partial charge in [-0.2, -0.15) is 0 Å². The van der Waals surface area contributed by atoms with Crippen molar-refractivity contribution in [3.05, 3.63) is 10.7 Å². The summed E-state index contributed by atoms with van der Waals surface area (Å²) in [5.74, 6) is 0. The van der Waals surface area contributed by atoms with Gasteiger partial charge in [0.25, 0.3) is 0 Å². The summed E-state index contributed by atoms with van der Waals surface area (Å²) in [5, 5.41) is 0.959. The lowest BCUT2D eigenvalue weighted by atomic mass is 10.3. The second kappa shape index (κ2) is 2.58. The van der Waals surface area contributed by atoms with Crippen LogP contribution in [-0.2, 0) is 0 Å². The van der Waals surface area contributed by atoms with Crippen molar-refractivity contribution in [1.82, 2.24) is 0 Å². The molecule has 0 unspecified atom stereocenters. The lowest BCUT2D eigenvalue weighted by molar-refractivity contribution is 0.965. The number of dihydropyridines is 1. The molecule has 0 aromatic heterocycles. The van der Waals surface area contributed by atoms with Crippen LogP contribution in [0.2, 0.25) is 0 Å². The highest BCUT2D eigenvalue weighted by molar-refractivity contribution is 6.70. The number of halogens is 2. The average molecular weight is 165 g/mol. The second-order valence-corrected chi connectivity index (χ2v) is 2.56. The molecule has 2 nitrogen and oxygen atoms in total. The predicted octanol–water partition coefficient (Wildman–Crippen LogP) is 1.44. The molecule has 1 aliphatic rings. The Morgan fingerprint density at radius 1 is 1.44 bits per heavy atom. The molecule has 4 heteroatoms. The van der Waals surface area contributed by atoms with Crippen molar-refractivity contribution in [2.75, 3.05) is 6.54 Å². The average Bonchev–Trinajstić information content (AvgIpc) is 1.83. The highest BCUT2D eigenvalue weighted by Gasteiger charge is 2.09. The number of nitrogens with zero attached hydrogens (tertiary/aromatic N) is 1. The van der Waals surface area contributed by atoms with Crippen molar-refractivity contribution in [2.45, 2.75) is 6.42 Å². The van der Waals surface area contributed by atoms with Gasteiger partial charge < -0.3 is 5.73 Å². The van der Waals surface area contributed by atoms with Crippen LogP contribution in [0.15, 0.2) is 15.7 Å². The Bertz CT molecular complexity index is 183. The van der Waals surface area contributed by atoms with Gasteiger partial charge in [-0.1, -0.05) is 23.2 Å². The molecule has 0 spiro atoms. The normalized spacial score (nSPS) is 20.0. The molecule has 1 heterocycles. The minimum atomic E-state index is 0.339. The van der Waals surface area contributed by atoms with Gasteiger partial charge in [0, 0.05) is 18.0 Å².